The van der Waals surface area contributed by atoms with Gasteiger partial charge in [-0.3, -0.25) is 0 Å². The summed E-state index contributed by atoms with van der Waals surface area (Å²) in [6.07, 6.45) is 5.06. The monoisotopic (exact) mass is 297 g/mol. The molecule has 1 saturated carbocycles. The van der Waals surface area contributed by atoms with Gasteiger partial charge in [0.05, 0.1) is 0 Å². The van der Waals surface area contributed by atoms with Gasteiger partial charge in [0, 0.05) is 6.04 Å². The molecule has 0 amide bonds. The maximum Gasteiger partial charge on any atom is 0.387 e. The smallest absolute Gasteiger partial charge is 0.387 e. The van der Waals surface area contributed by atoms with Gasteiger partial charge in [-0.15, -0.1) is 0 Å². The fraction of sp³-hybridized carbons (Fsp3) is 0.647. The largest absolute Gasteiger partial charge is 0.435 e. The third-order valence-electron chi connectivity index (χ3n) is 4.34. The van der Waals surface area contributed by atoms with Crippen LogP contribution in [0.15, 0.2) is 24.3 Å². The molecule has 1 aromatic carbocycles. The molecule has 1 N–H and O–H groups in total. The summed E-state index contributed by atoms with van der Waals surface area (Å²) in [4.78, 5) is 0. The number of halogens is 2. The van der Waals surface area contributed by atoms with Crippen molar-refractivity contribution in [3.8, 4) is 5.75 Å². The Balaban J connectivity index is 2.09. The van der Waals surface area contributed by atoms with Crippen LogP contribution >= 0.6 is 0 Å². The molecule has 3 unspecified atom stereocenters. The molecule has 21 heavy (non-hydrogen) atoms. The molecule has 1 aromatic rings. The topological polar surface area (TPSA) is 21.3 Å². The first-order chi connectivity index (χ1) is 10.1. The van der Waals surface area contributed by atoms with E-state index in [2.05, 4.69) is 23.9 Å². The Morgan fingerprint density at radius 1 is 1.24 bits per heavy atom. The van der Waals surface area contributed by atoms with E-state index in [9.17, 15) is 8.78 Å². The number of nitrogens with one attached hydrogen (secondary N) is 1. The van der Waals surface area contributed by atoms with Gasteiger partial charge in [-0.2, -0.15) is 8.78 Å². The number of ether oxygens (including phenoxy) is 1. The molecule has 1 fully saturated rings. The summed E-state index contributed by atoms with van der Waals surface area (Å²) >= 11 is 0. The third kappa shape index (κ3) is 4.67. The fourth-order valence-corrected chi connectivity index (χ4v) is 3.42. The average Bonchev–Trinajstić information content (AvgIpc) is 2.45. The first kappa shape index (κ1) is 16.2. The van der Waals surface area contributed by atoms with Gasteiger partial charge in [0.1, 0.15) is 5.75 Å². The van der Waals surface area contributed by atoms with Crippen LogP contribution in [0.3, 0.4) is 0 Å². The van der Waals surface area contributed by atoms with Crippen LogP contribution < -0.4 is 10.1 Å². The molecule has 0 heterocycles. The van der Waals surface area contributed by atoms with Crippen molar-refractivity contribution in [3.05, 3.63) is 29.8 Å². The van der Waals surface area contributed by atoms with Gasteiger partial charge < -0.3 is 10.1 Å². The molecule has 2 nitrogen and oxygen atoms in total. The van der Waals surface area contributed by atoms with Gasteiger partial charge in [0.2, 0.25) is 0 Å². The van der Waals surface area contributed by atoms with E-state index in [0.717, 1.165) is 18.0 Å². The Bertz CT molecular complexity index is 421. The van der Waals surface area contributed by atoms with Gasteiger partial charge >= 0.3 is 6.61 Å². The Morgan fingerprint density at radius 2 is 1.95 bits per heavy atom. The average molecular weight is 297 g/mol. The number of benzene rings is 1. The van der Waals surface area contributed by atoms with Crippen LogP contribution in [0, 0.1) is 11.8 Å². The van der Waals surface area contributed by atoms with Crippen molar-refractivity contribution < 1.29 is 13.5 Å². The lowest BCUT2D eigenvalue weighted by atomic mass is 9.76. The van der Waals surface area contributed by atoms with Crippen molar-refractivity contribution in [1.82, 2.24) is 5.32 Å². The maximum absolute atomic E-state index is 12.2. The van der Waals surface area contributed by atoms with Crippen LogP contribution in [0.1, 0.15) is 51.1 Å². The zero-order chi connectivity index (χ0) is 15.2. The Kier molecular flexibility index (Phi) is 5.97. The second kappa shape index (κ2) is 7.74. The molecule has 4 heteroatoms. The first-order valence-electron chi connectivity index (χ1n) is 7.88. The predicted octanol–water partition coefficient (Wildman–Crippen LogP) is 4.76. The standard InChI is InChI=1S/C17H25F2NO/c1-3-20-16(14-6-4-5-12(2)11-14)13-7-9-15(10-8-13)21-17(18)19/h7-10,12,14,16-17,20H,3-6,11H2,1-2H3. The van der Waals surface area contributed by atoms with E-state index >= 15 is 0 Å². The summed E-state index contributed by atoms with van der Waals surface area (Å²) < 4.78 is 28.8. The highest BCUT2D eigenvalue weighted by Crippen LogP contribution is 2.37. The molecule has 1 aliphatic rings. The third-order valence-corrected chi connectivity index (χ3v) is 4.34. The zero-order valence-electron chi connectivity index (χ0n) is 12.8. The van der Waals surface area contributed by atoms with Gasteiger partial charge in [0.15, 0.2) is 0 Å². The minimum Gasteiger partial charge on any atom is -0.435 e. The summed E-state index contributed by atoms with van der Waals surface area (Å²) in [5.74, 6) is 1.61. The SMILES string of the molecule is CCNC(c1ccc(OC(F)F)cc1)C1CCCC(C)C1. The van der Waals surface area contributed by atoms with Crippen molar-refractivity contribution in [2.24, 2.45) is 11.8 Å². The second-order valence-electron chi connectivity index (χ2n) is 6.01. The Hall–Kier alpha value is -1.16. The lowest BCUT2D eigenvalue weighted by Crippen LogP contribution is -2.31. The lowest BCUT2D eigenvalue weighted by molar-refractivity contribution is -0.0498. The quantitative estimate of drug-likeness (QED) is 0.817. The van der Waals surface area contributed by atoms with Gasteiger partial charge in [-0.25, -0.2) is 0 Å². The highest BCUT2D eigenvalue weighted by molar-refractivity contribution is 5.29. The minimum atomic E-state index is -2.76. The molecular weight excluding hydrogens is 272 g/mol. The minimum absolute atomic E-state index is 0.223. The van der Waals surface area contributed by atoms with Crippen molar-refractivity contribution in [1.29, 1.82) is 0 Å². The molecule has 0 bridgehead atoms. The lowest BCUT2D eigenvalue weighted by Gasteiger charge is -2.34. The van der Waals surface area contributed by atoms with E-state index in [-0.39, 0.29) is 5.75 Å². The zero-order valence-corrected chi connectivity index (χ0v) is 12.8. The van der Waals surface area contributed by atoms with E-state index in [1.807, 2.05) is 12.1 Å². The van der Waals surface area contributed by atoms with E-state index in [1.165, 1.54) is 25.7 Å². The molecule has 0 aromatic heterocycles. The molecule has 0 saturated heterocycles. The van der Waals surface area contributed by atoms with Crippen molar-refractivity contribution >= 4 is 0 Å². The number of rotatable bonds is 6. The summed E-state index contributed by atoms with van der Waals surface area (Å²) in [6.45, 7) is 2.56. The molecule has 0 aliphatic heterocycles. The van der Waals surface area contributed by atoms with Gasteiger partial charge in [0.25, 0.3) is 0 Å². The van der Waals surface area contributed by atoms with Crippen LogP contribution in [0.25, 0.3) is 0 Å². The van der Waals surface area contributed by atoms with Crippen molar-refractivity contribution in [2.75, 3.05) is 6.54 Å². The summed E-state index contributed by atoms with van der Waals surface area (Å²) in [7, 11) is 0. The molecule has 3 atom stereocenters. The second-order valence-corrected chi connectivity index (χ2v) is 6.01. The van der Waals surface area contributed by atoms with Crippen molar-refractivity contribution in [3.63, 3.8) is 0 Å². The fourth-order valence-electron chi connectivity index (χ4n) is 3.42. The maximum atomic E-state index is 12.2. The van der Waals surface area contributed by atoms with Crippen LogP contribution in [0.2, 0.25) is 0 Å². The van der Waals surface area contributed by atoms with Gasteiger partial charge in [-0.1, -0.05) is 38.8 Å². The van der Waals surface area contributed by atoms with Gasteiger partial charge in [-0.05, 0) is 48.9 Å². The highest BCUT2D eigenvalue weighted by Gasteiger charge is 2.27. The molecule has 0 radical (unpaired) electrons. The number of hydrogen-bond acceptors (Lipinski definition) is 2. The molecule has 0 spiro atoms. The van der Waals surface area contributed by atoms with Crippen LogP contribution in [0.4, 0.5) is 8.78 Å². The predicted molar refractivity (Wildman–Crippen MR) is 80.6 cm³/mol. The molecule has 118 valence electrons. The molecule has 1 aliphatic carbocycles. The van der Waals surface area contributed by atoms with E-state index in [4.69, 9.17) is 0 Å². The van der Waals surface area contributed by atoms with Crippen LogP contribution in [-0.2, 0) is 0 Å². The van der Waals surface area contributed by atoms with E-state index < -0.39 is 6.61 Å². The Morgan fingerprint density at radius 3 is 2.52 bits per heavy atom. The Labute approximate surface area is 125 Å². The molecule has 2 rings (SSSR count). The normalized spacial score (nSPS) is 24.0. The van der Waals surface area contributed by atoms with Crippen LogP contribution in [0.5, 0.6) is 5.75 Å². The first-order valence-corrected chi connectivity index (χ1v) is 7.88. The summed E-state index contributed by atoms with van der Waals surface area (Å²) in [6, 6.07) is 7.39. The number of alkyl halides is 2. The van der Waals surface area contributed by atoms with Crippen molar-refractivity contribution in [2.45, 2.75) is 52.2 Å². The summed E-state index contributed by atoms with van der Waals surface area (Å²) in [5.41, 5.74) is 1.16. The summed E-state index contributed by atoms with van der Waals surface area (Å²) in [5, 5.41) is 3.56. The van der Waals surface area contributed by atoms with E-state index in [1.54, 1.807) is 12.1 Å². The number of hydrogen-bond donors (Lipinski definition) is 1. The van der Waals surface area contributed by atoms with E-state index in [0.29, 0.717) is 12.0 Å². The molecular formula is C17H25F2NO. The highest BCUT2D eigenvalue weighted by atomic mass is 19.3. The van der Waals surface area contributed by atoms with Crippen LogP contribution in [-0.4, -0.2) is 13.2 Å².